The second-order valence-corrected chi connectivity index (χ2v) is 7.94. The maximum Gasteiger partial charge on any atom is 0.191 e. The Balaban J connectivity index is 1.49. The van der Waals surface area contributed by atoms with Gasteiger partial charge in [0.15, 0.2) is 12.1 Å². The van der Waals surface area contributed by atoms with Gasteiger partial charge in [-0.2, -0.15) is 0 Å². The maximum absolute atomic E-state index is 6.32. The molecule has 4 rings (SSSR count). The van der Waals surface area contributed by atoms with E-state index >= 15 is 0 Å². The van der Waals surface area contributed by atoms with E-state index in [2.05, 4.69) is 6.58 Å². The first-order valence-corrected chi connectivity index (χ1v) is 9.96. The van der Waals surface area contributed by atoms with Crippen LogP contribution >= 0.6 is 0 Å². The number of ether oxygens (including phenoxy) is 5. The van der Waals surface area contributed by atoms with Crippen molar-refractivity contribution in [2.45, 2.75) is 56.9 Å². The number of rotatable bonds is 8. The molecular formula is C24H28O5. The van der Waals surface area contributed by atoms with Crippen LogP contribution in [0.1, 0.15) is 25.0 Å². The van der Waals surface area contributed by atoms with Crippen LogP contribution in [0.15, 0.2) is 73.3 Å². The summed E-state index contributed by atoms with van der Waals surface area (Å²) in [6.45, 7) is 8.99. The Labute approximate surface area is 172 Å². The van der Waals surface area contributed by atoms with Gasteiger partial charge in [-0.15, -0.1) is 6.58 Å². The van der Waals surface area contributed by atoms with Crippen molar-refractivity contribution in [1.29, 1.82) is 0 Å². The lowest BCUT2D eigenvalue weighted by molar-refractivity contribution is -0.243. The van der Waals surface area contributed by atoms with Crippen LogP contribution in [0.3, 0.4) is 0 Å². The fourth-order valence-electron chi connectivity index (χ4n) is 3.85. The monoisotopic (exact) mass is 396 g/mol. The number of hydrogen-bond donors (Lipinski definition) is 0. The summed E-state index contributed by atoms with van der Waals surface area (Å²) in [7, 11) is 0. The molecule has 2 aromatic carbocycles. The molecule has 0 spiro atoms. The third-order valence-corrected chi connectivity index (χ3v) is 5.26. The van der Waals surface area contributed by atoms with Gasteiger partial charge >= 0.3 is 0 Å². The lowest BCUT2D eigenvalue weighted by atomic mass is 9.95. The summed E-state index contributed by atoms with van der Waals surface area (Å²) in [5.41, 5.74) is 1.33. The van der Waals surface area contributed by atoms with Crippen molar-refractivity contribution in [3.8, 4) is 0 Å². The van der Waals surface area contributed by atoms with E-state index in [1.165, 1.54) is 0 Å². The van der Waals surface area contributed by atoms with E-state index in [0.29, 0.717) is 19.8 Å². The van der Waals surface area contributed by atoms with Crippen LogP contribution in [-0.4, -0.2) is 36.5 Å². The summed E-state index contributed by atoms with van der Waals surface area (Å²) >= 11 is 0. The molecule has 2 aliphatic rings. The molecule has 4 atom stereocenters. The molecule has 0 amide bonds. The van der Waals surface area contributed by atoms with Crippen molar-refractivity contribution in [1.82, 2.24) is 0 Å². The molecule has 0 radical (unpaired) electrons. The molecule has 2 aromatic rings. The van der Waals surface area contributed by atoms with Gasteiger partial charge < -0.3 is 23.7 Å². The highest BCUT2D eigenvalue weighted by atomic mass is 16.8. The molecule has 0 aliphatic carbocycles. The van der Waals surface area contributed by atoms with Crippen LogP contribution in [-0.2, 0) is 36.9 Å². The molecule has 0 aromatic heterocycles. The van der Waals surface area contributed by atoms with Gasteiger partial charge in [-0.05, 0) is 25.0 Å². The van der Waals surface area contributed by atoms with E-state index in [4.69, 9.17) is 23.7 Å². The second-order valence-electron chi connectivity index (χ2n) is 7.94. The van der Waals surface area contributed by atoms with Crippen LogP contribution in [0.4, 0.5) is 0 Å². The Kier molecular flexibility index (Phi) is 5.86. The summed E-state index contributed by atoms with van der Waals surface area (Å²) in [4.78, 5) is 0. The molecule has 0 N–H and O–H groups in total. The van der Waals surface area contributed by atoms with Gasteiger partial charge in [-0.3, -0.25) is 0 Å². The molecule has 2 saturated heterocycles. The zero-order chi connectivity index (χ0) is 20.3. The van der Waals surface area contributed by atoms with Crippen molar-refractivity contribution in [3.63, 3.8) is 0 Å². The molecule has 5 heteroatoms. The first-order valence-electron chi connectivity index (χ1n) is 9.96. The van der Waals surface area contributed by atoms with Crippen molar-refractivity contribution in [3.05, 3.63) is 84.4 Å². The summed E-state index contributed by atoms with van der Waals surface area (Å²) in [5, 5.41) is 0. The molecule has 0 bridgehead atoms. The van der Waals surface area contributed by atoms with Crippen molar-refractivity contribution < 1.29 is 23.7 Å². The molecule has 29 heavy (non-hydrogen) atoms. The number of fused-ring (bicyclic) bond motifs is 1. The minimum absolute atomic E-state index is 0.297. The van der Waals surface area contributed by atoms with Gasteiger partial charge in [0.1, 0.15) is 17.8 Å². The Morgan fingerprint density at radius 1 is 0.897 bits per heavy atom. The van der Waals surface area contributed by atoms with E-state index in [9.17, 15) is 0 Å². The average molecular weight is 396 g/mol. The standard InChI is InChI=1S/C24H28O5/c1-4-24(17-25-15-18-11-7-5-8-12-18)21(26-16-19-13-9-6-10-14-19)20-22(29-24)28-23(2,3)27-20/h4-14,20-22H,1,15-17H2,2-3H3/t20-,21-,22+,24+/m0/s1. The highest BCUT2D eigenvalue weighted by molar-refractivity contribution is 5.17. The highest BCUT2D eigenvalue weighted by Gasteiger charge is 2.61. The number of benzene rings is 2. The van der Waals surface area contributed by atoms with Crippen LogP contribution in [0.2, 0.25) is 0 Å². The lowest BCUT2D eigenvalue weighted by Gasteiger charge is -2.34. The van der Waals surface area contributed by atoms with Gasteiger partial charge in [0, 0.05) is 0 Å². The Morgan fingerprint density at radius 2 is 1.52 bits per heavy atom. The first kappa shape index (κ1) is 20.3. The van der Waals surface area contributed by atoms with Gasteiger partial charge in [0.25, 0.3) is 0 Å². The van der Waals surface area contributed by atoms with Gasteiger partial charge in [0.2, 0.25) is 0 Å². The van der Waals surface area contributed by atoms with Crippen molar-refractivity contribution in [2.24, 2.45) is 0 Å². The molecule has 2 fully saturated rings. The van der Waals surface area contributed by atoms with Gasteiger partial charge in [-0.1, -0.05) is 66.7 Å². The fourth-order valence-corrected chi connectivity index (χ4v) is 3.85. The Hall–Kier alpha value is -2.02. The molecule has 0 saturated carbocycles. The first-order chi connectivity index (χ1) is 14.0. The molecule has 2 aliphatic heterocycles. The number of hydrogen-bond acceptors (Lipinski definition) is 5. The van der Waals surface area contributed by atoms with E-state index in [-0.39, 0.29) is 6.10 Å². The normalized spacial score (nSPS) is 30.2. The zero-order valence-electron chi connectivity index (χ0n) is 17.0. The van der Waals surface area contributed by atoms with Crippen molar-refractivity contribution in [2.75, 3.05) is 6.61 Å². The largest absolute Gasteiger partial charge is 0.373 e. The summed E-state index contributed by atoms with van der Waals surface area (Å²) in [5.74, 6) is -0.720. The van der Waals surface area contributed by atoms with Crippen LogP contribution in [0.5, 0.6) is 0 Å². The van der Waals surface area contributed by atoms with E-state index < -0.39 is 23.8 Å². The molecule has 0 unspecified atom stereocenters. The predicted octanol–water partition coefficient (Wildman–Crippen LogP) is 4.22. The minimum Gasteiger partial charge on any atom is -0.373 e. The molecule has 154 valence electrons. The SMILES string of the molecule is C=C[C@]1(COCc2ccccc2)O[C@H]2OC(C)(C)O[C@H]2[C@@H]1OCc1ccccc1. The van der Waals surface area contributed by atoms with E-state index in [1.807, 2.05) is 74.5 Å². The smallest absolute Gasteiger partial charge is 0.191 e. The highest BCUT2D eigenvalue weighted by Crippen LogP contribution is 2.44. The predicted molar refractivity (Wildman–Crippen MR) is 109 cm³/mol. The Morgan fingerprint density at radius 3 is 2.14 bits per heavy atom. The third kappa shape index (κ3) is 4.44. The second kappa shape index (κ2) is 8.38. The Bertz CT molecular complexity index is 807. The van der Waals surface area contributed by atoms with Crippen molar-refractivity contribution >= 4 is 0 Å². The van der Waals surface area contributed by atoms with Gasteiger partial charge in [-0.25, -0.2) is 0 Å². The van der Waals surface area contributed by atoms with E-state index in [0.717, 1.165) is 11.1 Å². The summed E-state index contributed by atoms with van der Waals surface area (Å²) in [6, 6.07) is 20.1. The van der Waals surface area contributed by atoms with Crippen LogP contribution in [0.25, 0.3) is 0 Å². The third-order valence-electron chi connectivity index (χ3n) is 5.26. The molecular weight excluding hydrogens is 368 g/mol. The quantitative estimate of drug-likeness (QED) is 0.625. The minimum atomic E-state index is -0.852. The van der Waals surface area contributed by atoms with Crippen LogP contribution in [0, 0.1) is 0 Å². The molecule has 2 heterocycles. The van der Waals surface area contributed by atoms with E-state index in [1.54, 1.807) is 6.08 Å². The topological polar surface area (TPSA) is 46.2 Å². The fraction of sp³-hybridized carbons (Fsp3) is 0.417. The van der Waals surface area contributed by atoms with Crippen LogP contribution < -0.4 is 0 Å². The van der Waals surface area contributed by atoms with Gasteiger partial charge in [0.05, 0.1) is 19.8 Å². The lowest BCUT2D eigenvalue weighted by Crippen LogP contribution is -2.48. The maximum atomic E-state index is 6.32. The summed E-state index contributed by atoms with van der Waals surface area (Å²) < 4.78 is 30.7. The zero-order valence-corrected chi connectivity index (χ0v) is 17.0. The average Bonchev–Trinajstić information content (AvgIpc) is 3.17. The summed E-state index contributed by atoms with van der Waals surface area (Å²) in [6.07, 6.45) is 0.477. The molecule has 5 nitrogen and oxygen atoms in total.